The summed E-state index contributed by atoms with van der Waals surface area (Å²) >= 11 is 0. The fourth-order valence-electron chi connectivity index (χ4n) is 3.62. The van der Waals surface area contributed by atoms with Gasteiger partial charge in [0.15, 0.2) is 11.5 Å². The molecule has 1 amide bonds. The molecule has 2 heterocycles. The van der Waals surface area contributed by atoms with Crippen LogP contribution >= 0.6 is 0 Å². The molecular formula is C22H23N3O4. The second-order valence-corrected chi connectivity index (χ2v) is 7.35. The minimum atomic E-state index is -0.295. The maximum atomic E-state index is 12.9. The lowest BCUT2D eigenvalue weighted by Gasteiger charge is -2.25. The first-order valence-corrected chi connectivity index (χ1v) is 9.41. The predicted octanol–water partition coefficient (Wildman–Crippen LogP) is 2.60. The van der Waals surface area contributed by atoms with Crippen LogP contribution in [0.3, 0.4) is 0 Å². The Hall–Kier alpha value is -3.32. The molecule has 7 heteroatoms. The maximum Gasteiger partial charge on any atom is 0.252 e. The Morgan fingerprint density at radius 1 is 1.17 bits per heavy atom. The molecule has 150 valence electrons. The highest BCUT2D eigenvalue weighted by Crippen LogP contribution is 2.35. The first-order valence-electron chi connectivity index (χ1n) is 9.41. The van der Waals surface area contributed by atoms with Crippen molar-refractivity contribution in [1.82, 2.24) is 15.2 Å². The van der Waals surface area contributed by atoms with E-state index in [1.54, 1.807) is 0 Å². The van der Waals surface area contributed by atoms with E-state index in [1.165, 1.54) is 6.07 Å². The van der Waals surface area contributed by atoms with E-state index in [-0.39, 0.29) is 24.3 Å². The summed E-state index contributed by atoms with van der Waals surface area (Å²) in [5.74, 6) is 1.15. The smallest absolute Gasteiger partial charge is 0.252 e. The number of ether oxygens (including phenoxy) is 2. The number of hydrogen-bond donors (Lipinski definition) is 2. The molecule has 2 N–H and O–H groups in total. The van der Waals surface area contributed by atoms with Crippen LogP contribution in [0.4, 0.5) is 0 Å². The topological polar surface area (TPSA) is 83.7 Å². The van der Waals surface area contributed by atoms with Crippen LogP contribution in [0, 0.1) is 6.92 Å². The summed E-state index contributed by atoms with van der Waals surface area (Å²) in [5, 5.41) is 3.71. The molecule has 0 saturated carbocycles. The van der Waals surface area contributed by atoms with E-state index < -0.39 is 0 Å². The lowest BCUT2D eigenvalue weighted by Crippen LogP contribution is -2.35. The number of hydrogen-bond acceptors (Lipinski definition) is 5. The Morgan fingerprint density at radius 3 is 2.76 bits per heavy atom. The molecule has 0 fully saturated rings. The average molecular weight is 393 g/mol. The molecular weight excluding hydrogens is 370 g/mol. The number of carbonyl (C=O) groups excluding carboxylic acids is 1. The fourth-order valence-corrected chi connectivity index (χ4v) is 3.62. The molecule has 0 spiro atoms. The number of nitrogens with zero attached hydrogens (tertiary/aromatic N) is 1. The highest BCUT2D eigenvalue weighted by Gasteiger charge is 2.21. The van der Waals surface area contributed by atoms with Crippen LogP contribution in [0.5, 0.6) is 11.5 Å². The molecule has 0 bridgehead atoms. The third kappa shape index (κ3) is 3.69. The Morgan fingerprint density at radius 2 is 1.97 bits per heavy atom. The Bertz CT molecular complexity index is 1140. The lowest BCUT2D eigenvalue weighted by atomic mass is 10.0. The number of pyridine rings is 1. The van der Waals surface area contributed by atoms with Crippen LogP contribution in [0.25, 0.3) is 10.9 Å². The Labute approximate surface area is 168 Å². The summed E-state index contributed by atoms with van der Waals surface area (Å²) in [6, 6.07) is 12.7. The van der Waals surface area contributed by atoms with Crippen molar-refractivity contribution in [3.63, 3.8) is 0 Å². The Balaban J connectivity index is 1.59. The molecule has 0 aliphatic carbocycles. The van der Waals surface area contributed by atoms with Gasteiger partial charge in [0.25, 0.3) is 5.91 Å². The van der Waals surface area contributed by atoms with Crippen molar-refractivity contribution in [1.29, 1.82) is 0 Å². The van der Waals surface area contributed by atoms with Crippen molar-refractivity contribution in [2.75, 3.05) is 27.4 Å². The number of aromatic amines is 1. The van der Waals surface area contributed by atoms with E-state index in [1.807, 2.05) is 62.3 Å². The van der Waals surface area contributed by atoms with Crippen molar-refractivity contribution in [2.24, 2.45) is 0 Å². The first-order chi connectivity index (χ1) is 13.9. The number of fused-ring (bicyclic) bond motifs is 2. The molecule has 2 aromatic carbocycles. The summed E-state index contributed by atoms with van der Waals surface area (Å²) < 4.78 is 10.8. The number of likely N-dealkylation sites (N-methyl/N-ethyl adjacent to an activating group) is 1. The zero-order chi connectivity index (χ0) is 20.5. The second kappa shape index (κ2) is 7.60. The predicted molar refractivity (Wildman–Crippen MR) is 111 cm³/mol. The molecule has 3 aromatic rings. The van der Waals surface area contributed by atoms with Crippen molar-refractivity contribution in [3.05, 3.63) is 69.5 Å². The van der Waals surface area contributed by atoms with Gasteiger partial charge in [-0.15, -0.1) is 0 Å². The van der Waals surface area contributed by atoms with Gasteiger partial charge in [0, 0.05) is 18.0 Å². The summed E-state index contributed by atoms with van der Waals surface area (Å²) in [4.78, 5) is 29.9. The van der Waals surface area contributed by atoms with Crippen molar-refractivity contribution in [2.45, 2.75) is 13.0 Å². The van der Waals surface area contributed by atoms with Crippen molar-refractivity contribution in [3.8, 4) is 11.5 Å². The van der Waals surface area contributed by atoms with E-state index in [4.69, 9.17) is 9.47 Å². The van der Waals surface area contributed by atoms with Gasteiger partial charge >= 0.3 is 0 Å². The molecule has 1 aliphatic rings. The SMILES string of the molecule is Cc1cccc2c(C(=O)NC[C@H](c3ccc4c(c3)OCO4)N(C)C)cc(=O)[nH]c12. The van der Waals surface area contributed by atoms with Gasteiger partial charge in [-0.05, 0) is 44.3 Å². The van der Waals surface area contributed by atoms with E-state index in [0.717, 1.165) is 22.3 Å². The van der Waals surface area contributed by atoms with Crippen molar-refractivity contribution < 1.29 is 14.3 Å². The number of aryl methyl sites for hydroxylation is 1. The number of benzene rings is 2. The molecule has 0 radical (unpaired) electrons. The number of rotatable bonds is 5. The fraction of sp³-hybridized carbons (Fsp3) is 0.273. The van der Waals surface area contributed by atoms with Gasteiger partial charge in [-0.25, -0.2) is 0 Å². The summed E-state index contributed by atoms with van der Waals surface area (Å²) in [7, 11) is 3.90. The van der Waals surface area contributed by atoms with Crippen LogP contribution < -0.4 is 20.3 Å². The van der Waals surface area contributed by atoms with Gasteiger partial charge < -0.3 is 24.7 Å². The van der Waals surface area contributed by atoms with Crippen LogP contribution in [-0.4, -0.2) is 43.2 Å². The van der Waals surface area contributed by atoms with Gasteiger partial charge in [0.1, 0.15) is 0 Å². The van der Waals surface area contributed by atoms with Gasteiger partial charge in [0.05, 0.1) is 17.1 Å². The number of amides is 1. The molecule has 1 aromatic heterocycles. The van der Waals surface area contributed by atoms with E-state index in [9.17, 15) is 9.59 Å². The van der Waals surface area contributed by atoms with Gasteiger partial charge in [-0.3, -0.25) is 9.59 Å². The number of para-hydroxylation sites is 1. The largest absolute Gasteiger partial charge is 0.454 e. The van der Waals surface area contributed by atoms with E-state index >= 15 is 0 Å². The average Bonchev–Trinajstić information content (AvgIpc) is 3.16. The minimum absolute atomic E-state index is 0.0663. The first kappa shape index (κ1) is 19.0. The monoisotopic (exact) mass is 393 g/mol. The highest BCUT2D eigenvalue weighted by atomic mass is 16.7. The molecule has 0 unspecified atom stereocenters. The summed E-state index contributed by atoms with van der Waals surface area (Å²) in [5.41, 5.74) is 2.68. The summed E-state index contributed by atoms with van der Waals surface area (Å²) in [6.07, 6.45) is 0. The normalized spacial score (nSPS) is 13.7. The quantitative estimate of drug-likeness (QED) is 0.696. The van der Waals surface area contributed by atoms with Crippen molar-refractivity contribution >= 4 is 16.8 Å². The standard InChI is InChI=1S/C22H23N3O4/c1-13-5-4-6-15-16(10-20(26)24-21(13)15)22(27)23-11-17(25(2)3)14-7-8-18-19(9-14)29-12-28-18/h4-10,17H,11-12H2,1-3H3,(H,23,27)(H,24,26)/t17-/m1/s1. The zero-order valence-corrected chi connectivity index (χ0v) is 16.6. The summed E-state index contributed by atoms with van der Waals surface area (Å²) in [6.45, 7) is 2.50. The Kier molecular flexibility index (Phi) is 4.98. The third-order valence-corrected chi connectivity index (χ3v) is 5.19. The second-order valence-electron chi connectivity index (χ2n) is 7.35. The molecule has 1 atom stereocenters. The van der Waals surface area contributed by atoms with Crippen LogP contribution in [-0.2, 0) is 0 Å². The molecule has 29 heavy (non-hydrogen) atoms. The number of H-pyrrole nitrogens is 1. The number of carbonyl (C=O) groups is 1. The zero-order valence-electron chi connectivity index (χ0n) is 16.6. The van der Waals surface area contributed by atoms with Gasteiger partial charge in [0.2, 0.25) is 12.4 Å². The highest BCUT2D eigenvalue weighted by molar-refractivity contribution is 6.06. The van der Waals surface area contributed by atoms with E-state index in [2.05, 4.69) is 10.3 Å². The lowest BCUT2D eigenvalue weighted by molar-refractivity contribution is 0.0943. The van der Waals surface area contributed by atoms with Crippen LogP contribution in [0.2, 0.25) is 0 Å². The maximum absolute atomic E-state index is 12.9. The number of nitrogens with one attached hydrogen (secondary N) is 2. The third-order valence-electron chi connectivity index (χ3n) is 5.19. The van der Waals surface area contributed by atoms with Crippen LogP contribution in [0.1, 0.15) is 27.5 Å². The van der Waals surface area contributed by atoms with E-state index in [0.29, 0.717) is 23.4 Å². The molecule has 0 saturated heterocycles. The minimum Gasteiger partial charge on any atom is -0.454 e. The molecule has 1 aliphatic heterocycles. The van der Waals surface area contributed by atoms with Gasteiger partial charge in [-0.2, -0.15) is 0 Å². The molecule has 4 rings (SSSR count). The van der Waals surface area contributed by atoms with Crippen LogP contribution in [0.15, 0.2) is 47.3 Å². The molecule has 7 nitrogen and oxygen atoms in total. The van der Waals surface area contributed by atoms with Gasteiger partial charge in [-0.1, -0.05) is 24.3 Å². The number of aromatic nitrogens is 1.